The van der Waals surface area contributed by atoms with Gasteiger partial charge in [-0.3, -0.25) is 9.59 Å². The summed E-state index contributed by atoms with van der Waals surface area (Å²) < 4.78 is 34.4. The maximum Gasteiger partial charge on any atom is 0.260 e. The molecule has 1 amide bonds. The minimum absolute atomic E-state index is 0.00510. The average Bonchev–Trinajstić information content (AvgIpc) is 2.32. The Morgan fingerprint density at radius 2 is 2.25 bits per heavy atom. The van der Waals surface area contributed by atoms with E-state index < -0.39 is 6.43 Å². The van der Waals surface area contributed by atoms with Crippen molar-refractivity contribution in [3.63, 3.8) is 0 Å². The number of hydrogen-bond acceptors (Lipinski definition) is 4. The van der Waals surface area contributed by atoms with Crippen molar-refractivity contribution < 1.29 is 22.7 Å². The highest BCUT2D eigenvalue weighted by molar-refractivity contribution is 5.78. The fourth-order valence-electron chi connectivity index (χ4n) is 2.07. The van der Waals surface area contributed by atoms with Crippen LogP contribution >= 0.6 is 0 Å². The van der Waals surface area contributed by atoms with Crippen molar-refractivity contribution in [2.24, 2.45) is 5.92 Å². The lowest BCUT2D eigenvalue weighted by molar-refractivity contribution is -0.140. The molecule has 0 atom stereocenters. The van der Waals surface area contributed by atoms with E-state index in [0.717, 1.165) is 0 Å². The van der Waals surface area contributed by atoms with Crippen molar-refractivity contribution in [1.29, 1.82) is 0 Å². The largest absolute Gasteiger partial charge is 0.476 e. The summed E-state index contributed by atoms with van der Waals surface area (Å²) in [4.78, 5) is 24.7. The quantitative estimate of drug-likeness (QED) is 0.822. The summed E-state index contributed by atoms with van der Waals surface area (Å²) in [5.74, 6) is -0.171. The van der Waals surface area contributed by atoms with Gasteiger partial charge in [-0.1, -0.05) is 0 Å². The fourth-order valence-corrected chi connectivity index (χ4v) is 2.07. The highest BCUT2D eigenvalue weighted by Gasteiger charge is 2.32. The number of amides is 1. The van der Waals surface area contributed by atoms with Gasteiger partial charge in [0.2, 0.25) is 17.6 Å². The third kappa shape index (κ3) is 3.34. The van der Waals surface area contributed by atoms with Gasteiger partial charge in [-0.2, -0.15) is 0 Å². The van der Waals surface area contributed by atoms with Crippen LogP contribution in [0.15, 0.2) is 21.5 Å². The molecule has 1 aliphatic heterocycles. The van der Waals surface area contributed by atoms with Crippen LogP contribution in [0.25, 0.3) is 0 Å². The first kappa shape index (κ1) is 14.5. The number of likely N-dealkylation sites (tertiary alicyclic amines) is 1. The number of hydrogen-bond donors (Lipinski definition) is 0. The normalized spacial score (nSPS) is 15.3. The molecule has 7 heteroatoms. The number of halogens is 2. The van der Waals surface area contributed by atoms with Crippen molar-refractivity contribution in [2.45, 2.75) is 19.8 Å². The molecule has 2 rings (SSSR count). The topological polar surface area (TPSA) is 59.8 Å². The zero-order valence-corrected chi connectivity index (χ0v) is 11.0. The molecule has 1 fully saturated rings. The van der Waals surface area contributed by atoms with Crippen LogP contribution < -0.4 is 10.2 Å². The Labute approximate surface area is 114 Å². The first-order chi connectivity index (χ1) is 9.47. The van der Waals surface area contributed by atoms with Crippen LogP contribution in [0.4, 0.5) is 8.78 Å². The van der Waals surface area contributed by atoms with Gasteiger partial charge in [0.05, 0.1) is 6.26 Å². The van der Waals surface area contributed by atoms with Gasteiger partial charge in [0.15, 0.2) is 6.61 Å². The molecule has 0 unspecified atom stereocenters. The Balaban J connectivity index is 1.81. The van der Waals surface area contributed by atoms with Crippen LogP contribution in [0.2, 0.25) is 0 Å². The lowest BCUT2D eigenvalue weighted by atomic mass is 9.96. The van der Waals surface area contributed by atoms with Crippen molar-refractivity contribution in [3.05, 3.63) is 28.3 Å². The van der Waals surface area contributed by atoms with Crippen molar-refractivity contribution in [1.82, 2.24) is 4.90 Å². The molecular formula is C13H15F2NO4. The maximum absolute atomic E-state index is 12.1. The van der Waals surface area contributed by atoms with E-state index in [9.17, 15) is 18.4 Å². The van der Waals surface area contributed by atoms with Crippen LogP contribution in [-0.2, 0) is 4.79 Å². The van der Waals surface area contributed by atoms with E-state index in [2.05, 4.69) is 0 Å². The summed E-state index contributed by atoms with van der Waals surface area (Å²) in [5, 5.41) is 0. The van der Waals surface area contributed by atoms with Crippen molar-refractivity contribution in [3.8, 4) is 5.75 Å². The molecular weight excluding hydrogens is 272 g/mol. The van der Waals surface area contributed by atoms with Crippen LogP contribution in [-0.4, -0.2) is 36.9 Å². The average molecular weight is 287 g/mol. The van der Waals surface area contributed by atoms with Gasteiger partial charge in [0, 0.05) is 25.6 Å². The molecule has 0 saturated carbocycles. The Bertz CT molecular complexity index is 537. The number of carbonyl (C=O) groups is 1. The monoisotopic (exact) mass is 287 g/mol. The third-order valence-electron chi connectivity index (χ3n) is 3.17. The van der Waals surface area contributed by atoms with E-state index in [-0.39, 0.29) is 36.0 Å². The fraction of sp³-hybridized carbons (Fsp3) is 0.538. The molecule has 110 valence electrons. The molecule has 0 spiro atoms. The van der Waals surface area contributed by atoms with Crippen LogP contribution in [0.3, 0.4) is 0 Å². The van der Waals surface area contributed by atoms with E-state index in [1.807, 2.05) is 0 Å². The predicted octanol–water partition coefficient (Wildman–Crippen LogP) is 1.44. The summed E-state index contributed by atoms with van der Waals surface area (Å²) >= 11 is 0. The zero-order chi connectivity index (χ0) is 14.7. The van der Waals surface area contributed by atoms with E-state index >= 15 is 0 Å². The number of rotatable bonds is 5. The van der Waals surface area contributed by atoms with Crippen LogP contribution in [0.5, 0.6) is 5.75 Å². The zero-order valence-electron chi connectivity index (χ0n) is 11.0. The Morgan fingerprint density at radius 3 is 2.85 bits per heavy atom. The molecule has 0 aromatic carbocycles. The first-order valence-corrected chi connectivity index (χ1v) is 6.24. The van der Waals surface area contributed by atoms with Crippen molar-refractivity contribution in [2.75, 3.05) is 19.7 Å². The van der Waals surface area contributed by atoms with Crippen molar-refractivity contribution >= 4 is 5.91 Å². The summed E-state index contributed by atoms with van der Waals surface area (Å²) in [6.07, 6.45) is -1.28. The van der Waals surface area contributed by atoms with Gasteiger partial charge in [0.25, 0.3) is 5.91 Å². The van der Waals surface area contributed by atoms with Gasteiger partial charge in [-0.25, -0.2) is 8.78 Å². The maximum atomic E-state index is 12.1. The molecule has 1 saturated heterocycles. The third-order valence-corrected chi connectivity index (χ3v) is 3.17. The Morgan fingerprint density at radius 1 is 1.55 bits per heavy atom. The second-order valence-corrected chi connectivity index (χ2v) is 4.75. The van der Waals surface area contributed by atoms with Crippen LogP contribution in [0, 0.1) is 12.8 Å². The minimum Gasteiger partial charge on any atom is -0.476 e. The molecule has 20 heavy (non-hydrogen) atoms. The minimum atomic E-state index is -2.34. The van der Waals surface area contributed by atoms with E-state index in [1.54, 1.807) is 6.92 Å². The number of alkyl halides is 2. The lowest BCUT2D eigenvalue weighted by Gasteiger charge is -2.39. The molecule has 1 aliphatic rings. The van der Waals surface area contributed by atoms with E-state index in [4.69, 9.17) is 9.15 Å². The molecule has 0 radical (unpaired) electrons. The van der Waals surface area contributed by atoms with Gasteiger partial charge < -0.3 is 14.1 Å². The molecule has 2 heterocycles. The van der Waals surface area contributed by atoms with Gasteiger partial charge in [-0.15, -0.1) is 0 Å². The number of carbonyl (C=O) groups excluding carboxylic acids is 1. The highest BCUT2D eigenvalue weighted by atomic mass is 19.3. The van der Waals surface area contributed by atoms with E-state index in [0.29, 0.717) is 18.8 Å². The SMILES string of the molecule is Cc1occc(=O)c1OCC(=O)N1CC(CC(F)F)C1. The molecule has 0 aliphatic carbocycles. The second kappa shape index (κ2) is 6.02. The summed E-state index contributed by atoms with van der Waals surface area (Å²) in [5.41, 5.74) is -0.360. The number of aryl methyl sites for hydroxylation is 1. The first-order valence-electron chi connectivity index (χ1n) is 6.24. The predicted molar refractivity (Wildman–Crippen MR) is 65.9 cm³/mol. The lowest BCUT2D eigenvalue weighted by Crippen LogP contribution is -2.52. The summed E-state index contributed by atoms with van der Waals surface area (Å²) in [7, 11) is 0. The Kier molecular flexibility index (Phi) is 4.36. The summed E-state index contributed by atoms with van der Waals surface area (Å²) in [6.45, 7) is 1.89. The molecule has 5 nitrogen and oxygen atoms in total. The van der Waals surface area contributed by atoms with Gasteiger partial charge in [-0.05, 0) is 12.8 Å². The number of nitrogens with zero attached hydrogens (tertiary/aromatic N) is 1. The number of ether oxygens (including phenoxy) is 1. The standard InChI is InChI=1S/C13H15F2NO4/c1-8-13(10(17)2-3-19-8)20-7-12(18)16-5-9(6-16)4-11(14)15/h2-3,9,11H,4-7H2,1H3. The Hall–Kier alpha value is -1.92. The molecule has 0 bridgehead atoms. The molecule has 0 N–H and O–H groups in total. The van der Waals surface area contributed by atoms with E-state index in [1.165, 1.54) is 17.2 Å². The van der Waals surface area contributed by atoms with Gasteiger partial charge >= 0.3 is 0 Å². The highest BCUT2D eigenvalue weighted by Crippen LogP contribution is 2.22. The summed E-state index contributed by atoms with van der Waals surface area (Å²) in [6, 6.07) is 1.20. The molecule has 1 aromatic heterocycles. The van der Waals surface area contributed by atoms with Gasteiger partial charge in [0.1, 0.15) is 5.76 Å². The second-order valence-electron chi connectivity index (χ2n) is 4.75. The van der Waals surface area contributed by atoms with Crippen LogP contribution in [0.1, 0.15) is 12.2 Å². The molecule has 1 aromatic rings. The smallest absolute Gasteiger partial charge is 0.260 e.